The normalized spacial score (nSPS) is 14.0. The van der Waals surface area contributed by atoms with Crippen LogP contribution >= 0.6 is 23.5 Å². The Kier molecular flexibility index (Phi) is 14.0. The summed E-state index contributed by atoms with van der Waals surface area (Å²) in [5.74, 6) is 2.52. The van der Waals surface area contributed by atoms with E-state index in [-0.39, 0.29) is 30.0 Å². The molecule has 0 unspecified atom stereocenters. The Balaban J connectivity index is 1.41. The molecule has 0 spiro atoms. The fraction of sp³-hybridized carbons (Fsp3) is 0.308. The summed E-state index contributed by atoms with van der Waals surface area (Å²) < 4.78 is 28.6. The van der Waals surface area contributed by atoms with Gasteiger partial charge in [-0.15, -0.1) is 23.5 Å². The van der Waals surface area contributed by atoms with Crippen LogP contribution in [0.1, 0.15) is 46.2 Å². The summed E-state index contributed by atoms with van der Waals surface area (Å²) >= 11 is 3.78. The van der Waals surface area contributed by atoms with Crippen LogP contribution in [-0.2, 0) is 32.1 Å². The van der Waals surface area contributed by atoms with Gasteiger partial charge in [-0.25, -0.2) is 9.59 Å². The minimum atomic E-state index is -1.31. The Morgan fingerprint density at radius 1 is 0.808 bits per heavy atom. The minimum absolute atomic E-state index is 0.00964. The Hall–Kier alpha value is -5.01. The topological polar surface area (TPSA) is 142 Å². The predicted octanol–water partition coefficient (Wildman–Crippen LogP) is 7.33. The van der Waals surface area contributed by atoms with Gasteiger partial charge in [-0.2, -0.15) is 0 Å². The number of carbonyl (C=O) groups is 3. The highest BCUT2D eigenvalue weighted by atomic mass is 32.2. The molecule has 1 fully saturated rings. The Morgan fingerprint density at radius 3 is 2.23 bits per heavy atom. The van der Waals surface area contributed by atoms with Crippen LogP contribution < -0.4 is 24.8 Å². The van der Waals surface area contributed by atoms with E-state index in [9.17, 15) is 19.5 Å². The number of alkyl carbamates (subject to hydrolysis) is 1. The smallest absolute Gasteiger partial charge is 0.408 e. The first-order valence-electron chi connectivity index (χ1n) is 16.8. The SMILES string of the molecule is CCOC(=O)[C@@H](NC(=O)[C@@H](Cc1ccc(O)cc1)NC(=O)OCc1ccccc1)c1cc(OC)cc(Oc2cc(C3SCCCS3)ccc2OC)c1. The Morgan fingerprint density at radius 2 is 1.54 bits per heavy atom. The zero-order valence-corrected chi connectivity index (χ0v) is 30.8. The number of methoxy groups -OCH3 is 2. The molecule has 0 saturated carbocycles. The molecule has 0 bridgehead atoms. The predicted molar refractivity (Wildman–Crippen MR) is 201 cm³/mol. The first-order valence-corrected chi connectivity index (χ1v) is 18.9. The summed E-state index contributed by atoms with van der Waals surface area (Å²) in [6.07, 6.45) is 0.374. The molecule has 52 heavy (non-hydrogen) atoms. The van der Waals surface area contributed by atoms with Crippen molar-refractivity contribution in [3.05, 3.63) is 113 Å². The number of esters is 1. The van der Waals surface area contributed by atoms with E-state index in [1.165, 1.54) is 25.7 Å². The van der Waals surface area contributed by atoms with Crippen LogP contribution in [0.2, 0.25) is 0 Å². The van der Waals surface area contributed by atoms with E-state index >= 15 is 0 Å². The van der Waals surface area contributed by atoms with Gasteiger partial charge in [-0.1, -0.05) is 48.5 Å². The van der Waals surface area contributed by atoms with Crippen molar-refractivity contribution >= 4 is 41.5 Å². The molecule has 13 heteroatoms. The number of hydrogen-bond acceptors (Lipinski definition) is 11. The van der Waals surface area contributed by atoms with Crippen molar-refractivity contribution in [3.8, 4) is 28.7 Å². The molecule has 1 aliphatic rings. The lowest BCUT2D eigenvalue weighted by Crippen LogP contribution is -2.50. The number of phenols is 1. The number of amides is 2. The second kappa shape index (κ2) is 19.0. The van der Waals surface area contributed by atoms with E-state index in [1.54, 1.807) is 44.4 Å². The minimum Gasteiger partial charge on any atom is -0.508 e. The van der Waals surface area contributed by atoms with E-state index in [0.717, 1.165) is 22.6 Å². The molecule has 0 aliphatic carbocycles. The first kappa shape index (κ1) is 38.2. The van der Waals surface area contributed by atoms with Gasteiger partial charge in [0.15, 0.2) is 17.5 Å². The van der Waals surface area contributed by atoms with Gasteiger partial charge in [0.1, 0.15) is 29.9 Å². The zero-order chi connectivity index (χ0) is 36.9. The molecule has 1 aliphatic heterocycles. The molecule has 2 atom stereocenters. The molecule has 2 amide bonds. The third-order valence-corrected chi connectivity index (χ3v) is 11.0. The lowest BCUT2D eigenvalue weighted by atomic mass is 10.0. The fourth-order valence-corrected chi connectivity index (χ4v) is 8.27. The Bertz CT molecular complexity index is 1800. The van der Waals surface area contributed by atoms with Gasteiger partial charge < -0.3 is 39.4 Å². The van der Waals surface area contributed by atoms with Crippen molar-refractivity contribution in [2.24, 2.45) is 0 Å². The third kappa shape index (κ3) is 10.8. The highest BCUT2D eigenvalue weighted by Crippen LogP contribution is 2.46. The maximum atomic E-state index is 14.0. The van der Waals surface area contributed by atoms with Crippen LogP contribution in [0.25, 0.3) is 0 Å². The van der Waals surface area contributed by atoms with Gasteiger partial charge >= 0.3 is 12.1 Å². The number of phenolic OH excluding ortho intramolecular Hbond substituents is 1. The summed E-state index contributed by atoms with van der Waals surface area (Å²) in [6, 6.07) is 23.6. The summed E-state index contributed by atoms with van der Waals surface area (Å²) in [5, 5.41) is 15.2. The van der Waals surface area contributed by atoms with Crippen molar-refractivity contribution < 1.29 is 43.2 Å². The summed E-state index contributed by atoms with van der Waals surface area (Å²) in [5.41, 5.74) is 2.84. The second-order valence-corrected chi connectivity index (χ2v) is 14.4. The molecule has 1 saturated heterocycles. The van der Waals surface area contributed by atoms with E-state index in [0.29, 0.717) is 34.1 Å². The first-order chi connectivity index (χ1) is 25.3. The van der Waals surface area contributed by atoms with Crippen LogP contribution in [0.4, 0.5) is 4.79 Å². The highest BCUT2D eigenvalue weighted by Gasteiger charge is 2.31. The largest absolute Gasteiger partial charge is 0.508 e. The summed E-state index contributed by atoms with van der Waals surface area (Å²) in [6.45, 7) is 1.71. The summed E-state index contributed by atoms with van der Waals surface area (Å²) in [4.78, 5) is 40.4. The van der Waals surface area contributed by atoms with Gasteiger partial charge in [-0.3, -0.25) is 4.79 Å². The van der Waals surface area contributed by atoms with E-state index in [1.807, 2.05) is 72.1 Å². The van der Waals surface area contributed by atoms with Crippen LogP contribution in [0.5, 0.6) is 28.7 Å². The van der Waals surface area contributed by atoms with E-state index in [4.69, 9.17) is 23.7 Å². The molecular weight excluding hydrogens is 705 g/mol. The Labute approximate surface area is 311 Å². The van der Waals surface area contributed by atoms with Gasteiger partial charge in [0, 0.05) is 12.5 Å². The highest BCUT2D eigenvalue weighted by molar-refractivity contribution is 8.16. The molecule has 4 aromatic carbocycles. The van der Waals surface area contributed by atoms with Gasteiger partial charge in [0.2, 0.25) is 5.91 Å². The van der Waals surface area contributed by atoms with Crippen molar-refractivity contribution in [1.29, 1.82) is 0 Å². The second-order valence-electron chi connectivity index (χ2n) is 11.7. The molecule has 1 heterocycles. The van der Waals surface area contributed by atoms with Crippen molar-refractivity contribution in [3.63, 3.8) is 0 Å². The van der Waals surface area contributed by atoms with Crippen LogP contribution in [-0.4, -0.2) is 61.5 Å². The zero-order valence-electron chi connectivity index (χ0n) is 29.2. The standard InChI is InChI=1S/C39H42N2O9S2/c1-4-48-37(44)35(41-36(43)32(19-25-11-14-29(42)15-12-25)40-39(45)49-24-26-9-6-5-7-10-26)28-20-30(46-2)23-31(21-28)50-34-22-27(13-16-33(34)47-3)38-51-17-8-18-52-38/h5-7,9-16,20-23,32,35,38,42H,4,8,17-19,24H2,1-3H3,(H,40,45)(H,41,43)/t32-,35+/m1/s1. The number of thioether (sulfide) groups is 2. The lowest BCUT2D eigenvalue weighted by Gasteiger charge is -2.24. The molecule has 274 valence electrons. The maximum absolute atomic E-state index is 14.0. The van der Waals surface area contributed by atoms with Crippen LogP contribution in [0.3, 0.4) is 0 Å². The van der Waals surface area contributed by atoms with Gasteiger partial charge in [0.25, 0.3) is 0 Å². The number of nitrogens with one attached hydrogen (secondary N) is 2. The van der Waals surface area contributed by atoms with Gasteiger partial charge in [-0.05, 0) is 83.5 Å². The average Bonchev–Trinajstić information content (AvgIpc) is 3.17. The van der Waals surface area contributed by atoms with E-state index < -0.39 is 30.1 Å². The lowest BCUT2D eigenvalue weighted by molar-refractivity contribution is -0.147. The number of hydrogen-bond donors (Lipinski definition) is 3. The molecule has 3 N–H and O–H groups in total. The molecule has 4 aromatic rings. The number of benzene rings is 4. The molecule has 11 nitrogen and oxygen atoms in total. The monoisotopic (exact) mass is 746 g/mol. The molecular formula is C39H42N2O9S2. The van der Waals surface area contributed by atoms with Crippen molar-refractivity contribution in [2.75, 3.05) is 32.3 Å². The molecule has 0 aromatic heterocycles. The van der Waals surface area contributed by atoms with Crippen molar-refractivity contribution in [2.45, 2.75) is 43.0 Å². The number of aromatic hydroxyl groups is 1. The van der Waals surface area contributed by atoms with E-state index in [2.05, 4.69) is 10.6 Å². The average molecular weight is 747 g/mol. The maximum Gasteiger partial charge on any atom is 0.408 e. The van der Waals surface area contributed by atoms with Crippen LogP contribution in [0.15, 0.2) is 91.0 Å². The third-order valence-electron chi connectivity index (χ3n) is 7.99. The van der Waals surface area contributed by atoms with Gasteiger partial charge in [0.05, 0.1) is 25.4 Å². The summed E-state index contributed by atoms with van der Waals surface area (Å²) in [7, 11) is 3.05. The number of ether oxygens (including phenoxy) is 5. The quantitative estimate of drug-likeness (QED) is 0.105. The molecule has 5 rings (SSSR count). The number of rotatable bonds is 15. The molecule has 0 radical (unpaired) electrons. The van der Waals surface area contributed by atoms with Crippen molar-refractivity contribution in [1.82, 2.24) is 10.6 Å². The fourth-order valence-electron chi connectivity index (χ4n) is 5.39. The number of carbonyl (C=O) groups excluding carboxylic acids is 3. The van der Waals surface area contributed by atoms with Crippen LogP contribution in [0, 0.1) is 0 Å².